The van der Waals surface area contributed by atoms with Crippen LogP contribution in [-0.2, 0) is 4.79 Å². The summed E-state index contributed by atoms with van der Waals surface area (Å²) in [4.78, 5) is 22.7. The van der Waals surface area contributed by atoms with Crippen LogP contribution in [0.1, 0.15) is 27.0 Å². The second-order valence-corrected chi connectivity index (χ2v) is 4.20. The molecule has 1 aromatic carbocycles. The van der Waals surface area contributed by atoms with Crippen molar-refractivity contribution in [3.05, 3.63) is 28.3 Å². The van der Waals surface area contributed by atoms with E-state index in [0.717, 1.165) is 11.1 Å². The van der Waals surface area contributed by atoms with Crippen LogP contribution in [0.3, 0.4) is 0 Å². The number of methoxy groups -OCH3 is 1. The number of carbonyl (C=O) groups excluding carboxylic acids is 1. The topological polar surface area (TPSA) is 89.6 Å². The minimum Gasteiger partial charge on any atom is -0.496 e. The number of carboxylic acid groups (broad SMARTS) is 1. The van der Waals surface area contributed by atoms with Crippen molar-refractivity contribution < 1.29 is 19.4 Å². The second-order valence-electron chi connectivity index (χ2n) is 4.20. The van der Waals surface area contributed by atoms with E-state index >= 15 is 0 Å². The fourth-order valence-electron chi connectivity index (χ4n) is 1.91. The highest BCUT2D eigenvalue weighted by Gasteiger charge is 2.25. The quantitative estimate of drug-likeness (QED) is 0.620. The van der Waals surface area contributed by atoms with E-state index in [-0.39, 0.29) is 0 Å². The predicted molar refractivity (Wildman–Crippen MR) is 67.1 cm³/mol. The minimum atomic E-state index is -1.53. The fraction of sp³-hybridized carbons (Fsp3) is 0.385. The molecule has 0 spiro atoms. The summed E-state index contributed by atoms with van der Waals surface area (Å²) >= 11 is 0. The van der Waals surface area contributed by atoms with Crippen molar-refractivity contribution in [2.24, 2.45) is 5.73 Å². The Kier molecular flexibility index (Phi) is 4.08. The number of ketones is 1. The van der Waals surface area contributed by atoms with Gasteiger partial charge in [-0.2, -0.15) is 0 Å². The van der Waals surface area contributed by atoms with Crippen molar-refractivity contribution in [3.8, 4) is 5.75 Å². The van der Waals surface area contributed by atoms with Gasteiger partial charge in [-0.3, -0.25) is 9.59 Å². The van der Waals surface area contributed by atoms with Gasteiger partial charge in [-0.15, -0.1) is 0 Å². The number of hydrogen-bond donors (Lipinski definition) is 2. The molecule has 1 aromatic rings. The van der Waals surface area contributed by atoms with E-state index in [9.17, 15) is 9.59 Å². The van der Waals surface area contributed by atoms with Crippen molar-refractivity contribution in [3.63, 3.8) is 0 Å². The Morgan fingerprint density at radius 3 is 2.28 bits per heavy atom. The molecule has 0 saturated carbocycles. The number of hydrogen-bond acceptors (Lipinski definition) is 4. The van der Waals surface area contributed by atoms with E-state index in [1.165, 1.54) is 0 Å². The Balaban J connectivity index is 3.36. The van der Waals surface area contributed by atoms with Crippen LogP contribution in [0.5, 0.6) is 5.75 Å². The van der Waals surface area contributed by atoms with E-state index in [1.807, 2.05) is 6.92 Å². The Hall–Kier alpha value is -1.88. The molecule has 0 aliphatic carbocycles. The van der Waals surface area contributed by atoms with Gasteiger partial charge in [0, 0.05) is 5.56 Å². The molecule has 3 N–H and O–H groups in total. The van der Waals surface area contributed by atoms with Gasteiger partial charge in [0.15, 0.2) is 11.8 Å². The van der Waals surface area contributed by atoms with Crippen LogP contribution in [0, 0.1) is 20.8 Å². The summed E-state index contributed by atoms with van der Waals surface area (Å²) in [5.74, 6) is -1.22. The lowest BCUT2D eigenvalue weighted by Gasteiger charge is -2.16. The van der Waals surface area contributed by atoms with E-state index in [4.69, 9.17) is 15.6 Å². The Labute approximate surface area is 106 Å². The summed E-state index contributed by atoms with van der Waals surface area (Å²) in [6.45, 7) is 5.37. The van der Waals surface area contributed by atoms with E-state index in [1.54, 1.807) is 27.0 Å². The van der Waals surface area contributed by atoms with Gasteiger partial charge in [-0.1, -0.05) is 0 Å². The molecule has 5 heteroatoms. The van der Waals surface area contributed by atoms with Gasteiger partial charge in [0.25, 0.3) is 0 Å². The molecule has 0 fully saturated rings. The van der Waals surface area contributed by atoms with Crippen LogP contribution >= 0.6 is 0 Å². The molecule has 0 bridgehead atoms. The standard InChI is InChI=1S/C13H17NO4/c1-6-5-9(11(15)10(14)13(16)17)7(2)8(3)12(6)18-4/h5,10H,14H2,1-4H3,(H,16,17). The van der Waals surface area contributed by atoms with E-state index in [2.05, 4.69) is 0 Å². The van der Waals surface area contributed by atoms with Gasteiger partial charge in [0.2, 0.25) is 0 Å². The summed E-state index contributed by atoms with van der Waals surface area (Å²) in [6.07, 6.45) is 0. The molecular formula is C13H17NO4. The molecule has 0 heterocycles. The SMILES string of the molecule is COc1c(C)cc(C(=O)C(N)C(=O)O)c(C)c1C. The first-order valence-corrected chi connectivity index (χ1v) is 5.48. The molecule has 5 nitrogen and oxygen atoms in total. The summed E-state index contributed by atoms with van der Waals surface area (Å²) in [5, 5.41) is 8.77. The first-order chi connectivity index (χ1) is 8.31. The number of aliphatic carboxylic acids is 1. The monoisotopic (exact) mass is 251 g/mol. The maximum absolute atomic E-state index is 12.0. The molecular weight excluding hydrogens is 234 g/mol. The molecule has 0 saturated heterocycles. The van der Waals surface area contributed by atoms with E-state index < -0.39 is 17.8 Å². The smallest absolute Gasteiger partial charge is 0.328 e. The Morgan fingerprint density at radius 1 is 1.28 bits per heavy atom. The number of Topliss-reactive ketones (excluding diaryl/α,β-unsaturated/α-hetero) is 1. The zero-order chi connectivity index (χ0) is 14.0. The molecule has 1 atom stereocenters. The minimum absolute atomic E-state index is 0.334. The van der Waals surface area contributed by atoms with Crippen LogP contribution in [0.15, 0.2) is 6.07 Å². The number of rotatable bonds is 4. The van der Waals surface area contributed by atoms with Crippen molar-refractivity contribution in [2.45, 2.75) is 26.8 Å². The fourth-order valence-corrected chi connectivity index (χ4v) is 1.91. The zero-order valence-electron chi connectivity index (χ0n) is 10.9. The molecule has 0 amide bonds. The average molecular weight is 251 g/mol. The van der Waals surface area contributed by atoms with Crippen molar-refractivity contribution in [1.29, 1.82) is 0 Å². The third-order valence-corrected chi connectivity index (χ3v) is 3.04. The lowest BCUT2D eigenvalue weighted by Crippen LogP contribution is -2.38. The number of nitrogens with two attached hydrogens (primary N) is 1. The van der Waals surface area contributed by atoms with Crippen molar-refractivity contribution in [1.82, 2.24) is 0 Å². The lowest BCUT2D eigenvalue weighted by molar-refractivity contribution is -0.137. The van der Waals surface area contributed by atoms with E-state index in [0.29, 0.717) is 16.9 Å². The number of ether oxygens (including phenoxy) is 1. The van der Waals surface area contributed by atoms with Gasteiger partial charge < -0.3 is 15.6 Å². The number of aryl methyl sites for hydroxylation is 1. The summed E-state index contributed by atoms with van der Waals surface area (Å²) in [7, 11) is 1.55. The third-order valence-electron chi connectivity index (χ3n) is 3.04. The van der Waals surface area contributed by atoms with Crippen molar-refractivity contribution in [2.75, 3.05) is 7.11 Å². The van der Waals surface area contributed by atoms with Gasteiger partial charge in [0.05, 0.1) is 7.11 Å². The molecule has 98 valence electrons. The lowest BCUT2D eigenvalue weighted by atomic mass is 9.93. The van der Waals surface area contributed by atoms with Crippen LogP contribution in [0.4, 0.5) is 0 Å². The van der Waals surface area contributed by atoms with Crippen molar-refractivity contribution >= 4 is 11.8 Å². The summed E-state index contributed by atoms with van der Waals surface area (Å²) in [6, 6.07) is 0.0858. The molecule has 1 rings (SSSR count). The molecule has 0 aliphatic rings. The maximum atomic E-state index is 12.0. The first-order valence-electron chi connectivity index (χ1n) is 5.48. The molecule has 0 aliphatic heterocycles. The van der Waals surface area contributed by atoms with Gasteiger partial charge >= 0.3 is 5.97 Å². The Morgan fingerprint density at radius 2 is 1.83 bits per heavy atom. The highest BCUT2D eigenvalue weighted by atomic mass is 16.5. The molecule has 1 unspecified atom stereocenters. The normalized spacial score (nSPS) is 12.1. The summed E-state index contributed by atoms with van der Waals surface area (Å²) < 4.78 is 5.24. The highest BCUT2D eigenvalue weighted by molar-refractivity contribution is 6.12. The Bertz CT molecular complexity index is 508. The van der Waals surface area contributed by atoms with Gasteiger partial charge in [0.1, 0.15) is 5.75 Å². The third kappa shape index (κ3) is 2.36. The van der Waals surface area contributed by atoms with Gasteiger partial charge in [-0.25, -0.2) is 0 Å². The predicted octanol–water partition coefficient (Wildman–Crippen LogP) is 1.22. The van der Waals surface area contributed by atoms with Crippen LogP contribution in [0.2, 0.25) is 0 Å². The molecule has 0 radical (unpaired) electrons. The first kappa shape index (κ1) is 14.2. The summed E-state index contributed by atoms with van der Waals surface area (Å²) in [5.41, 5.74) is 7.98. The maximum Gasteiger partial charge on any atom is 0.328 e. The second kappa shape index (κ2) is 5.18. The van der Waals surface area contributed by atoms with Gasteiger partial charge in [-0.05, 0) is 43.5 Å². The number of carbonyl (C=O) groups is 2. The number of benzene rings is 1. The van der Waals surface area contributed by atoms with Crippen LogP contribution in [-0.4, -0.2) is 30.0 Å². The van der Waals surface area contributed by atoms with Crippen LogP contribution in [0.25, 0.3) is 0 Å². The van der Waals surface area contributed by atoms with Crippen LogP contribution < -0.4 is 10.5 Å². The number of carboxylic acids is 1. The average Bonchev–Trinajstić information content (AvgIpc) is 2.32. The zero-order valence-corrected chi connectivity index (χ0v) is 10.9. The molecule has 0 aromatic heterocycles. The largest absolute Gasteiger partial charge is 0.496 e. The molecule has 18 heavy (non-hydrogen) atoms. The highest BCUT2D eigenvalue weighted by Crippen LogP contribution is 2.29.